The van der Waals surface area contributed by atoms with E-state index in [9.17, 15) is 9.59 Å². The number of para-hydroxylation sites is 1. The summed E-state index contributed by atoms with van der Waals surface area (Å²) in [5.74, 6) is 0.409. The highest BCUT2D eigenvalue weighted by Crippen LogP contribution is 2.24. The number of hydrogen-bond donors (Lipinski definition) is 2. The smallest absolute Gasteiger partial charge is 0.251 e. The first kappa shape index (κ1) is 19.0. The van der Waals surface area contributed by atoms with Crippen LogP contribution in [0, 0.1) is 0 Å². The third kappa shape index (κ3) is 5.60. The Hall–Kier alpha value is -2.34. The van der Waals surface area contributed by atoms with Crippen molar-refractivity contribution in [3.63, 3.8) is 0 Å². The van der Waals surface area contributed by atoms with Gasteiger partial charge in [-0.05, 0) is 37.3 Å². The van der Waals surface area contributed by atoms with E-state index in [2.05, 4.69) is 26.6 Å². The van der Waals surface area contributed by atoms with Crippen LogP contribution in [0.4, 0.5) is 0 Å². The molecule has 2 aromatic carbocycles. The number of hydrogen-bond acceptors (Lipinski definition) is 3. The summed E-state index contributed by atoms with van der Waals surface area (Å²) in [6.07, 6.45) is 0.210. The lowest BCUT2D eigenvalue weighted by atomic mass is 10.1. The Balaban J connectivity index is 1.80. The normalized spacial score (nSPS) is 11.5. The van der Waals surface area contributed by atoms with Crippen molar-refractivity contribution in [3.05, 3.63) is 64.1 Å². The summed E-state index contributed by atoms with van der Waals surface area (Å²) >= 11 is 3.33. The highest BCUT2D eigenvalue weighted by molar-refractivity contribution is 9.10. The molecule has 2 amide bonds. The lowest BCUT2D eigenvalue weighted by Gasteiger charge is -2.17. The topological polar surface area (TPSA) is 67.4 Å². The zero-order valence-electron chi connectivity index (χ0n) is 14.2. The van der Waals surface area contributed by atoms with Crippen molar-refractivity contribution in [2.45, 2.75) is 19.4 Å². The molecule has 0 bridgehead atoms. The van der Waals surface area contributed by atoms with Gasteiger partial charge in [0.15, 0.2) is 0 Å². The van der Waals surface area contributed by atoms with Crippen LogP contribution in [0.25, 0.3) is 0 Å². The standard InChI is InChI=1S/C19H21BrN2O3/c1-13(16-5-3-4-6-17(16)25-2)22-18(23)11-12-21-19(24)14-7-9-15(20)10-8-14/h3-10,13H,11-12H2,1-2H3,(H,21,24)(H,22,23)/t13-/m0/s1. The summed E-state index contributed by atoms with van der Waals surface area (Å²) in [6, 6.07) is 14.4. The summed E-state index contributed by atoms with van der Waals surface area (Å²) < 4.78 is 6.22. The van der Waals surface area contributed by atoms with Gasteiger partial charge in [-0.15, -0.1) is 0 Å². The molecule has 0 saturated heterocycles. The maximum Gasteiger partial charge on any atom is 0.251 e. The monoisotopic (exact) mass is 404 g/mol. The van der Waals surface area contributed by atoms with Crippen LogP contribution in [-0.4, -0.2) is 25.5 Å². The minimum atomic E-state index is -0.196. The lowest BCUT2D eigenvalue weighted by Crippen LogP contribution is -2.32. The minimum absolute atomic E-state index is 0.130. The number of methoxy groups -OCH3 is 1. The first-order valence-electron chi connectivity index (χ1n) is 7.97. The summed E-state index contributed by atoms with van der Waals surface area (Å²) in [5.41, 5.74) is 1.48. The van der Waals surface area contributed by atoms with Gasteiger partial charge in [-0.2, -0.15) is 0 Å². The number of ether oxygens (including phenoxy) is 1. The van der Waals surface area contributed by atoms with E-state index in [0.29, 0.717) is 5.56 Å². The fraction of sp³-hybridized carbons (Fsp3) is 0.263. The number of nitrogens with one attached hydrogen (secondary N) is 2. The van der Waals surface area contributed by atoms with Gasteiger partial charge < -0.3 is 15.4 Å². The lowest BCUT2D eigenvalue weighted by molar-refractivity contribution is -0.121. The van der Waals surface area contributed by atoms with Gasteiger partial charge in [-0.3, -0.25) is 9.59 Å². The second-order valence-electron chi connectivity index (χ2n) is 5.54. The molecule has 25 heavy (non-hydrogen) atoms. The van der Waals surface area contributed by atoms with Crippen LogP contribution < -0.4 is 15.4 Å². The minimum Gasteiger partial charge on any atom is -0.496 e. The third-order valence-electron chi connectivity index (χ3n) is 3.73. The highest BCUT2D eigenvalue weighted by atomic mass is 79.9. The maximum absolute atomic E-state index is 12.1. The molecule has 2 N–H and O–H groups in total. The van der Waals surface area contributed by atoms with Crippen LogP contribution >= 0.6 is 15.9 Å². The molecule has 0 aromatic heterocycles. The Morgan fingerprint density at radius 2 is 1.80 bits per heavy atom. The predicted octanol–water partition coefficient (Wildman–Crippen LogP) is 3.46. The van der Waals surface area contributed by atoms with Gasteiger partial charge in [0.05, 0.1) is 13.2 Å². The number of rotatable bonds is 7. The molecule has 2 aromatic rings. The molecule has 0 unspecified atom stereocenters. The van der Waals surface area contributed by atoms with Gasteiger partial charge in [-0.1, -0.05) is 34.1 Å². The van der Waals surface area contributed by atoms with E-state index >= 15 is 0 Å². The van der Waals surface area contributed by atoms with E-state index < -0.39 is 0 Å². The van der Waals surface area contributed by atoms with Crippen LogP contribution in [0.1, 0.15) is 35.3 Å². The SMILES string of the molecule is COc1ccccc1[C@H](C)NC(=O)CCNC(=O)c1ccc(Br)cc1. The van der Waals surface area contributed by atoms with E-state index in [-0.39, 0.29) is 30.8 Å². The number of carbonyl (C=O) groups excluding carboxylic acids is 2. The Kier molecular flexibility index (Phi) is 7.01. The van der Waals surface area contributed by atoms with E-state index in [0.717, 1.165) is 15.8 Å². The second kappa shape index (κ2) is 9.22. The molecular weight excluding hydrogens is 384 g/mol. The van der Waals surface area contributed by atoms with Crippen molar-refractivity contribution in [1.82, 2.24) is 10.6 Å². The second-order valence-corrected chi connectivity index (χ2v) is 6.46. The predicted molar refractivity (Wildman–Crippen MR) is 101 cm³/mol. The van der Waals surface area contributed by atoms with Crippen LogP contribution in [0.15, 0.2) is 53.0 Å². The average Bonchev–Trinajstić information content (AvgIpc) is 2.62. The molecule has 0 radical (unpaired) electrons. The average molecular weight is 405 g/mol. The number of halogens is 1. The molecule has 0 aliphatic rings. The molecule has 0 spiro atoms. The molecule has 0 aliphatic heterocycles. The molecule has 132 valence electrons. The van der Waals surface area contributed by atoms with Crippen LogP contribution in [0.3, 0.4) is 0 Å². The van der Waals surface area contributed by atoms with Gasteiger partial charge in [0.1, 0.15) is 5.75 Å². The van der Waals surface area contributed by atoms with Crippen molar-refractivity contribution in [1.29, 1.82) is 0 Å². The van der Waals surface area contributed by atoms with Crippen LogP contribution in [0.2, 0.25) is 0 Å². The van der Waals surface area contributed by atoms with E-state index in [1.54, 1.807) is 31.4 Å². The van der Waals surface area contributed by atoms with E-state index in [1.165, 1.54) is 0 Å². The van der Waals surface area contributed by atoms with Gasteiger partial charge in [0, 0.05) is 28.6 Å². The zero-order chi connectivity index (χ0) is 18.2. The van der Waals surface area contributed by atoms with E-state index in [1.807, 2.05) is 31.2 Å². The number of benzene rings is 2. The first-order chi connectivity index (χ1) is 12.0. The van der Waals surface area contributed by atoms with Gasteiger partial charge in [0.2, 0.25) is 5.91 Å². The summed E-state index contributed by atoms with van der Waals surface area (Å²) in [6.45, 7) is 2.18. The third-order valence-corrected chi connectivity index (χ3v) is 4.26. The Bertz CT molecular complexity index is 732. The fourth-order valence-electron chi connectivity index (χ4n) is 2.41. The van der Waals surface area contributed by atoms with Crippen LogP contribution in [0.5, 0.6) is 5.75 Å². The highest BCUT2D eigenvalue weighted by Gasteiger charge is 2.13. The maximum atomic E-state index is 12.1. The number of carbonyl (C=O) groups is 2. The molecule has 0 saturated carbocycles. The Morgan fingerprint density at radius 1 is 1.12 bits per heavy atom. The quantitative estimate of drug-likeness (QED) is 0.742. The van der Waals surface area contributed by atoms with Crippen molar-refractivity contribution in [3.8, 4) is 5.75 Å². The van der Waals surface area contributed by atoms with Crippen LogP contribution in [-0.2, 0) is 4.79 Å². The zero-order valence-corrected chi connectivity index (χ0v) is 15.8. The number of amides is 2. The molecule has 5 nitrogen and oxygen atoms in total. The molecule has 0 aliphatic carbocycles. The molecule has 1 atom stereocenters. The Morgan fingerprint density at radius 3 is 2.48 bits per heavy atom. The molecule has 6 heteroatoms. The van der Waals surface area contributed by atoms with Gasteiger partial charge >= 0.3 is 0 Å². The van der Waals surface area contributed by atoms with E-state index in [4.69, 9.17) is 4.74 Å². The van der Waals surface area contributed by atoms with Gasteiger partial charge in [0.25, 0.3) is 5.91 Å². The van der Waals surface area contributed by atoms with Crippen molar-refractivity contribution in [2.24, 2.45) is 0 Å². The van der Waals surface area contributed by atoms with Crippen molar-refractivity contribution >= 4 is 27.7 Å². The molecular formula is C19H21BrN2O3. The molecule has 0 heterocycles. The fourth-order valence-corrected chi connectivity index (χ4v) is 2.67. The summed E-state index contributed by atoms with van der Waals surface area (Å²) in [5, 5.41) is 5.66. The summed E-state index contributed by atoms with van der Waals surface area (Å²) in [4.78, 5) is 24.1. The van der Waals surface area contributed by atoms with Gasteiger partial charge in [-0.25, -0.2) is 0 Å². The summed E-state index contributed by atoms with van der Waals surface area (Å²) in [7, 11) is 1.60. The molecule has 0 fully saturated rings. The van der Waals surface area contributed by atoms with Crippen molar-refractivity contribution < 1.29 is 14.3 Å². The largest absolute Gasteiger partial charge is 0.496 e. The first-order valence-corrected chi connectivity index (χ1v) is 8.76. The Labute approximate surface area is 155 Å². The molecule has 2 rings (SSSR count). The van der Waals surface area contributed by atoms with Crippen molar-refractivity contribution in [2.75, 3.05) is 13.7 Å².